The van der Waals surface area contributed by atoms with E-state index in [2.05, 4.69) is 4.90 Å². The largest absolute Gasteiger partial charge is 0.454 e. The number of likely N-dealkylation sites (tertiary alicyclic amines) is 1. The monoisotopic (exact) mass is 329 g/mol. The van der Waals surface area contributed by atoms with Crippen molar-refractivity contribution in [1.29, 1.82) is 0 Å². The van der Waals surface area contributed by atoms with Gasteiger partial charge in [0.25, 0.3) is 0 Å². The lowest BCUT2D eigenvalue weighted by Crippen LogP contribution is -2.29. The number of ether oxygens (including phenoxy) is 1. The summed E-state index contributed by atoms with van der Waals surface area (Å²) in [5.74, 6) is 0.365. The highest BCUT2D eigenvalue weighted by Gasteiger charge is 2.24. The Labute approximate surface area is 142 Å². The van der Waals surface area contributed by atoms with Gasteiger partial charge in [-0.25, -0.2) is 4.39 Å². The zero-order valence-corrected chi connectivity index (χ0v) is 14.0. The first-order valence-corrected chi connectivity index (χ1v) is 8.52. The Kier molecular flexibility index (Phi) is 5.17. The van der Waals surface area contributed by atoms with E-state index in [9.17, 15) is 9.50 Å². The van der Waals surface area contributed by atoms with Crippen molar-refractivity contribution < 1.29 is 14.2 Å². The van der Waals surface area contributed by atoms with Gasteiger partial charge in [-0.2, -0.15) is 0 Å². The van der Waals surface area contributed by atoms with Crippen molar-refractivity contribution in [3.05, 3.63) is 59.9 Å². The summed E-state index contributed by atoms with van der Waals surface area (Å²) >= 11 is 0. The molecule has 0 spiro atoms. The minimum absolute atomic E-state index is 0.200. The second-order valence-corrected chi connectivity index (χ2v) is 6.63. The fourth-order valence-electron chi connectivity index (χ4n) is 3.06. The fraction of sp³-hybridized carbons (Fsp3) is 0.400. The zero-order valence-electron chi connectivity index (χ0n) is 14.0. The number of rotatable bonds is 6. The Morgan fingerprint density at radius 3 is 2.42 bits per heavy atom. The van der Waals surface area contributed by atoms with Crippen molar-refractivity contribution in [2.24, 2.45) is 0 Å². The molecular formula is C20H24FNO2. The summed E-state index contributed by atoms with van der Waals surface area (Å²) in [6.07, 6.45) is 3.20. The van der Waals surface area contributed by atoms with Crippen molar-refractivity contribution in [2.75, 3.05) is 19.6 Å². The number of hydrogen-bond donors (Lipinski definition) is 1. The van der Waals surface area contributed by atoms with E-state index in [1.54, 1.807) is 30.3 Å². The molecule has 0 amide bonds. The van der Waals surface area contributed by atoms with Gasteiger partial charge in [0.15, 0.2) is 11.6 Å². The van der Waals surface area contributed by atoms with Crippen LogP contribution in [-0.4, -0.2) is 29.6 Å². The predicted octanol–water partition coefficient (Wildman–Crippen LogP) is 4.31. The molecule has 24 heavy (non-hydrogen) atoms. The van der Waals surface area contributed by atoms with Gasteiger partial charge in [-0.15, -0.1) is 0 Å². The van der Waals surface area contributed by atoms with Crippen LogP contribution in [0, 0.1) is 5.82 Å². The smallest absolute Gasteiger partial charge is 0.165 e. The SMILES string of the molecule is CC(O)(CCN1CCCC1)c1ccc(Oc2ccccc2F)cc1. The van der Waals surface area contributed by atoms with Crippen LogP contribution in [0.15, 0.2) is 48.5 Å². The third kappa shape index (κ3) is 4.13. The van der Waals surface area contributed by atoms with Crippen LogP contribution in [-0.2, 0) is 5.60 Å². The first kappa shape index (κ1) is 16.9. The summed E-state index contributed by atoms with van der Waals surface area (Å²) in [7, 11) is 0. The first-order valence-electron chi connectivity index (χ1n) is 8.52. The molecule has 0 radical (unpaired) electrons. The third-order valence-corrected chi connectivity index (χ3v) is 4.65. The van der Waals surface area contributed by atoms with Gasteiger partial charge < -0.3 is 14.7 Å². The molecule has 3 nitrogen and oxygen atoms in total. The van der Waals surface area contributed by atoms with Gasteiger partial charge in [-0.3, -0.25) is 0 Å². The van der Waals surface area contributed by atoms with Crippen molar-refractivity contribution in [1.82, 2.24) is 4.90 Å². The van der Waals surface area contributed by atoms with Gasteiger partial charge >= 0.3 is 0 Å². The van der Waals surface area contributed by atoms with Crippen LogP contribution in [0.1, 0.15) is 31.7 Å². The molecule has 1 fully saturated rings. The molecule has 0 saturated carbocycles. The highest BCUT2D eigenvalue weighted by atomic mass is 19.1. The van der Waals surface area contributed by atoms with E-state index in [0.717, 1.165) is 25.2 Å². The number of aliphatic hydroxyl groups is 1. The van der Waals surface area contributed by atoms with Crippen LogP contribution >= 0.6 is 0 Å². The molecule has 0 bridgehead atoms. The molecule has 2 aromatic rings. The van der Waals surface area contributed by atoms with Gasteiger partial charge in [-0.1, -0.05) is 24.3 Å². The van der Waals surface area contributed by atoms with Gasteiger partial charge in [0.2, 0.25) is 0 Å². The molecule has 4 heteroatoms. The summed E-state index contributed by atoms with van der Waals surface area (Å²) in [6.45, 7) is 5.01. The Morgan fingerprint density at radius 2 is 1.75 bits per heavy atom. The molecule has 2 aromatic carbocycles. The quantitative estimate of drug-likeness (QED) is 0.857. The molecular weight excluding hydrogens is 305 g/mol. The maximum absolute atomic E-state index is 13.6. The molecule has 1 atom stereocenters. The second-order valence-electron chi connectivity index (χ2n) is 6.63. The van der Waals surface area contributed by atoms with E-state index in [1.807, 2.05) is 19.1 Å². The summed E-state index contributed by atoms with van der Waals surface area (Å²) in [4.78, 5) is 2.39. The van der Waals surface area contributed by atoms with Crippen LogP contribution in [0.4, 0.5) is 4.39 Å². The number of halogens is 1. The van der Waals surface area contributed by atoms with Crippen LogP contribution in [0.2, 0.25) is 0 Å². The van der Waals surface area contributed by atoms with Crippen LogP contribution in [0.5, 0.6) is 11.5 Å². The van der Waals surface area contributed by atoms with E-state index in [4.69, 9.17) is 4.74 Å². The maximum Gasteiger partial charge on any atom is 0.165 e. The Balaban J connectivity index is 1.63. The molecule has 1 saturated heterocycles. The molecule has 128 valence electrons. The van der Waals surface area contributed by atoms with E-state index in [1.165, 1.54) is 18.9 Å². The summed E-state index contributed by atoms with van der Waals surface area (Å²) in [6, 6.07) is 13.6. The Morgan fingerprint density at radius 1 is 1.08 bits per heavy atom. The minimum atomic E-state index is -0.876. The molecule has 1 aliphatic rings. The Bertz CT molecular complexity index is 664. The lowest BCUT2D eigenvalue weighted by Gasteiger charge is -2.26. The molecule has 1 aliphatic heterocycles. The fourth-order valence-corrected chi connectivity index (χ4v) is 3.06. The van der Waals surface area contributed by atoms with E-state index in [0.29, 0.717) is 12.2 Å². The van der Waals surface area contributed by atoms with Gasteiger partial charge in [0.05, 0.1) is 5.60 Å². The lowest BCUT2D eigenvalue weighted by molar-refractivity contribution is 0.0382. The summed E-state index contributed by atoms with van der Waals surface area (Å²) in [5.41, 5.74) is -0.0263. The van der Waals surface area contributed by atoms with Gasteiger partial charge in [0, 0.05) is 6.54 Å². The second kappa shape index (κ2) is 7.32. The average molecular weight is 329 g/mol. The lowest BCUT2D eigenvalue weighted by atomic mass is 9.92. The zero-order chi connectivity index (χ0) is 17.0. The molecule has 1 heterocycles. The van der Waals surface area contributed by atoms with E-state index >= 15 is 0 Å². The third-order valence-electron chi connectivity index (χ3n) is 4.65. The van der Waals surface area contributed by atoms with Gasteiger partial charge in [-0.05, 0) is 69.1 Å². The number of nitrogens with zero attached hydrogens (tertiary/aromatic N) is 1. The average Bonchev–Trinajstić information content (AvgIpc) is 3.09. The topological polar surface area (TPSA) is 32.7 Å². The van der Waals surface area contributed by atoms with Crippen molar-refractivity contribution in [2.45, 2.75) is 31.8 Å². The molecule has 1 unspecified atom stereocenters. The molecule has 0 aliphatic carbocycles. The highest BCUT2D eigenvalue weighted by molar-refractivity contribution is 5.35. The van der Waals surface area contributed by atoms with Crippen LogP contribution in [0.25, 0.3) is 0 Å². The van der Waals surface area contributed by atoms with Crippen molar-refractivity contribution in [3.63, 3.8) is 0 Å². The number of hydrogen-bond acceptors (Lipinski definition) is 3. The first-order chi connectivity index (χ1) is 11.5. The summed E-state index contributed by atoms with van der Waals surface area (Å²) in [5, 5.41) is 10.7. The highest BCUT2D eigenvalue weighted by Crippen LogP contribution is 2.29. The predicted molar refractivity (Wildman–Crippen MR) is 92.8 cm³/mol. The molecule has 1 N–H and O–H groups in total. The molecule has 0 aromatic heterocycles. The normalized spacial score (nSPS) is 17.6. The van der Waals surface area contributed by atoms with E-state index < -0.39 is 5.60 Å². The van der Waals surface area contributed by atoms with Crippen molar-refractivity contribution in [3.8, 4) is 11.5 Å². The van der Waals surface area contributed by atoms with Crippen LogP contribution in [0.3, 0.4) is 0 Å². The number of benzene rings is 2. The van der Waals surface area contributed by atoms with Crippen molar-refractivity contribution >= 4 is 0 Å². The minimum Gasteiger partial charge on any atom is -0.454 e. The molecule has 3 rings (SSSR count). The van der Waals surface area contributed by atoms with Gasteiger partial charge in [0.1, 0.15) is 5.75 Å². The van der Waals surface area contributed by atoms with E-state index in [-0.39, 0.29) is 11.6 Å². The Hall–Kier alpha value is -1.91. The van der Waals surface area contributed by atoms with Crippen LogP contribution < -0.4 is 4.74 Å². The summed E-state index contributed by atoms with van der Waals surface area (Å²) < 4.78 is 19.2. The maximum atomic E-state index is 13.6. The standard InChI is InChI=1S/C20H24FNO2/c1-20(23,12-15-22-13-4-5-14-22)16-8-10-17(11-9-16)24-19-7-3-2-6-18(19)21/h2-3,6-11,23H,4-5,12-15H2,1H3. The number of para-hydroxylation sites is 1.